The van der Waals surface area contributed by atoms with Gasteiger partial charge in [0.2, 0.25) is 5.91 Å². The van der Waals surface area contributed by atoms with E-state index in [1.54, 1.807) is 25.4 Å². The van der Waals surface area contributed by atoms with E-state index >= 15 is 0 Å². The van der Waals surface area contributed by atoms with Crippen molar-refractivity contribution in [2.24, 2.45) is 5.10 Å². The van der Waals surface area contributed by atoms with Crippen LogP contribution in [-0.4, -0.2) is 37.9 Å². The Morgan fingerprint density at radius 3 is 1.94 bits per heavy atom. The molecule has 4 rings (SSSR count). The van der Waals surface area contributed by atoms with E-state index in [0.717, 1.165) is 51.3 Å². The van der Waals surface area contributed by atoms with E-state index in [0.29, 0.717) is 13.0 Å². The Labute approximate surface area is 182 Å². The summed E-state index contributed by atoms with van der Waals surface area (Å²) in [5, 5.41) is 6.01. The minimum Gasteiger partial charge on any atom is -0.497 e. The SMILES string of the molecule is CCCN1N=Cc2cc(-c3ccc(OC)cc3)c(-c3ccc(OC)cc3)cc2CC1=O. The number of hydrogen-bond donors (Lipinski definition) is 0. The van der Waals surface area contributed by atoms with Crippen molar-refractivity contribution in [3.05, 3.63) is 71.8 Å². The minimum absolute atomic E-state index is 0.0229. The van der Waals surface area contributed by atoms with Gasteiger partial charge in [-0.1, -0.05) is 31.2 Å². The molecule has 1 aliphatic rings. The second-order valence-electron chi connectivity index (χ2n) is 7.49. The Bertz CT molecular complexity index is 1100. The Morgan fingerprint density at radius 2 is 1.42 bits per heavy atom. The first-order valence-electron chi connectivity index (χ1n) is 10.4. The number of carbonyl (C=O) groups is 1. The molecule has 0 fully saturated rings. The highest BCUT2D eigenvalue weighted by Gasteiger charge is 2.20. The summed E-state index contributed by atoms with van der Waals surface area (Å²) in [6, 6.07) is 20.3. The zero-order chi connectivity index (χ0) is 21.8. The Morgan fingerprint density at radius 1 is 0.871 bits per heavy atom. The summed E-state index contributed by atoms with van der Waals surface area (Å²) in [5.74, 6) is 1.64. The van der Waals surface area contributed by atoms with Gasteiger partial charge in [-0.25, -0.2) is 5.01 Å². The lowest BCUT2D eigenvalue weighted by Crippen LogP contribution is -2.27. The predicted molar refractivity (Wildman–Crippen MR) is 124 cm³/mol. The maximum Gasteiger partial charge on any atom is 0.247 e. The maximum absolute atomic E-state index is 12.7. The molecule has 0 bridgehead atoms. The predicted octanol–water partition coefficient (Wildman–Crippen LogP) is 5.17. The highest BCUT2D eigenvalue weighted by atomic mass is 16.5. The van der Waals surface area contributed by atoms with E-state index in [9.17, 15) is 4.79 Å². The van der Waals surface area contributed by atoms with Crippen LogP contribution in [0.15, 0.2) is 65.8 Å². The molecule has 0 aromatic heterocycles. The van der Waals surface area contributed by atoms with Gasteiger partial charge >= 0.3 is 0 Å². The summed E-state index contributed by atoms with van der Waals surface area (Å²) < 4.78 is 10.6. The van der Waals surface area contributed by atoms with Gasteiger partial charge in [-0.2, -0.15) is 5.10 Å². The molecular weight excluding hydrogens is 388 g/mol. The highest BCUT2D eigenvalue weighted by molar-refractivity contribution is 5.95. The first-order valence-corrected chi connectivity index (χ1v) is 10.4. The molecular formula is C26H26N2O3. The van der Waals surface area contributed by atoms with Gasteiger partial charge in [0, 0.05) is 6.54 Å². The monoisotopic (exact) mass is 414 g/mol. The molecule has 3 aromatic rings. The van der Waals surface area contributed by atoms with Gasteiger partial charge in [0.05, 0.1) is 26.9 Å². The molecule has 1 amide bonds. The molecule has 5 nitrogen and oxygen atoms in total. The summed E-state index contributed by atoms with van der Waals surface area (Å²) in [7, 11) is 3.32. The molecule has 0 aliphatic carbocycles. The number of hydrazone groups is 1. The Hall–Kier alpha value is -3.60. The third-order valence-corrected chi connectivity index (χ3v) is 5.48. The third kappa shape index (κ3) is 4.31. The van der Waals surface area contributed by atoms with Crippen LogP contribution in [0.25, 0.3) is 22.3 Å². The second-order valence-corrected chi connectivity index (χ2v) is 7.49. The zero-order valence-corrected chi connectivity index (χ0v) is 18.1. The van der Waals surface area contributed by atoms with Crippen LogP contribution in [0.1, 0.15) is 24.5 Å². The minimum atomic E-state index is 0.0229. The molecule has 0 saturated heterocycles. The van der Waals surface area contributed by atoms with Crippen molar-refractivity contribution in [3.8, 4) is 33.8 Å². The number of fused-ring (bicyclic) bond motifs is 1. The van der Waals surface area contributed by atoms with Crippen molar-refractivity contribution in [1.29, 1.82) is 0 Å². The first-order chi connectivity index (χ1) is 15.1. The second kappa shape index (κ2) is 9.04. The number of hydrogen-bond acceptors (Lipinski definition) is 4. The van der Waals surface area contributed by atoms with E-state index in [2.05, 4.69) is 29.4 Å². The third-order valence-electron chi connectivity index (χ3n) is 5.48. The maximum atomic E-state index is 12.7. The highest BCUT2D eigenvalue weighted by Crippen LogP contribution is 2.36. The molecule has 0 radical (unpaired) electrons. The average molecular weight is 415 g/mol. The molecule has 0 N–H and O–H groups in total. The molecule has 1 heterocycles. The number of ether oxygens (including phenoxy) is 2. The molecule has 0 atom stereocenters. The van der Waals surface area contributed by atoms with E-state index in [-0.39, 0.29) is 5.91 Å². The lowest BCUT2D eigenvalue weighted by atomic mass is 9.89. The average Bonchev–Trinajstić information content (AvgIpc) is 2.96. The number of carbonyl (C=O) groups excluding carboxylic acids is 1. The normalized spacial score (nSPS) is 13.0. The lowest BCUT2D eigenvalue weighted by molar-refractivity contribution is -0.130. The number of methoxy groups -OCH3 is 2. The smallest absolute Gasteiger partial charge is 0.247 e. The lowest BCUT2D eigenvalue weighted by Gasteiger charge is -2.16. The molecule has 0 unspecified atom stereocenters. The fourth-order valence-electron chi connectivity index (χ4n) is 3.80. The zero-order valence-electron chi connectivity index (χ0n) is 18.1. The Kier molecular flexibility index (Phi) is 6.03. The molecule has 1 aliphatic heterocycles. The van der Waals surface area contributed by atoms with Gasteiger partial charge in [-0.3, -0.25) is 4.79 Å². The van der Waals surface area contributed by atoms with E-state index in [1.165, 1.54) is 0 Å². The van der Waals surface area contributed by atoms with Crippen LogP contribution in [0.5, 0.6) is 11.5 Å². The molecule has 0 spiro atoms. The summed E-state index contributed by atoms with van der Waals surface area (Å²) >= 11 is 0. The number of amides is 1. The van der Waals surface area contributed by atoms with Crippen molar-refractivity contribution in [3.63, 3.8) is 0 Å². The largest absolute Gasteiger partial charge is 0.497 e. The van der Waals surface area contributed by atoms with Gasteiger partial charge in [-0.15, -0.1) is 0 Å². The van der Waals surface area contributed by atoms with E-state index in [1.807, 2.05) is 43.3 Å². The van der Waals surface area contributed by atoms with E-state index < -0.39 is 0 Å². The van der Waals surface area contributed by atoms with Crippen LogP contribution in [0.2, 0.25) is 0 Å². The topological polar surface area (TPSA) is 51.1 Å². The number of rotatable bonds is 6. The van der Waals surface area contributed by atoms with Crippen LogP contribution in [0.4, 0.5) is 0 Å². The fraction of sp³-hybridized carbons (Fsp3) is 0.231. The van der Waals surface area contributed by atoms with Gasteiger partial charge in [0.25, 0.3) is 0 Å². The van der Waals surface area contributed by atoms with Crippen molar-refractivity contribution in [2.75, 3.05) is 20.8 Å². The molecule has 5 heteroatoms. The quantitative estimate of drug-likeness (QED) is 0.559. The summed E-state index contributed by atoms with van der Waals surface area (Å²) in [6.07, 6.45) is 3.01. The summed E-state index contributed by atoms with van der Waals surface area (Å²) in [4.78, 5) is 12.7. The van der Waals surface area contributed by atoms with Gasteiger partial charge in [-0.05, 0) is 76.2 Å². The van der Waals surface area contributed by atoms with Crippen LogP contribution < -0.4 is 9.47 Å². The van der Waals surface area contributed by atoms with Crippen molar-refractivity contribution in [2.45, 2.75) is 19.8 Å². The van der Waals surface area contributed by atoms with Crippen molar-refractivity contribution < 1.29 is 14.3 Å². The molecule has 31 heavy (non-hydrogen) atoms. The fourth-order valence-corrected chi connectivity index (χ4v) is 3.80. The summed E-state index contributed by atoms with van der Waals surface area (Å²) in [5.41, 5.74) is 6.23. The molecule has 3 aromatic carbocycles. The number of benzene rings is 3. The van der Waals surface area contributed by atoms with Gasteiger partial charge < -0.3 is 9.47 Å². The van der Waals surface area contributed by atoms with Crippen LogP contribution in [0, 0.1) is 0 Å². The van der Waals surface area contributed by atoms with E-state index in [4.69, 9.17) is 9.47 Å². The molecule has 0 saturated carbocycles. The number of nitrogens with zero attached hydrogens (tertiary/aromatic N) is 2. The van der Waals surface area contributed by atoms with Gasteiger partial charge in [0.15, 0.2) is 0 Å². The summed E-state index contributed by atoms with van der Waals surface area (Å²) in [6.45, 7) is 2.67. The Balaban J connectivity index is 1.86. The van der Waals surface area contributed by atoms with Crippen LogP contribution in [-0.2, 0) is 11.2 Å². The first kappa shape index (κ1) is 20.7. The molecule has 158 valence electrons. The standard InChI is InChI=1S/C26H26N2O3/c1-4-13-28-26(29)16-20-14-24(18-5-9-22(30-2)10-6-18)25(15-21(20)17-27-28)19-7-11-23(31-3)12-8-19/h5-12,14-15,17H,4,13,16H2,1-3H3. The van der Waals surface area contributed by atoms with Crippen molar-refractivity contribution in [1.82, 2.24) is 5.01 Å². The van der Waals surface area contributed by atoms with Crippen LogP contribution in [0.3, 0.4) is 0 Å². The van der Waals surface area contributed by atoms with Crippen molar-refractivity contribution >= 4 is 12.1 Å². The van der Waals surface area contributed by atoms with Gasteiger partial charge in [0.1, 0.15) is 11.5 Å². The van der Waals surface area contributed by atoms with Crippen LogP contribution >= 0.6 is 0 Å².